The predicted octanol–water partition coefficient (Wildman–Crippen LogP) is 2.79. The highest BCUT2D eigenvalue weighted by Gasteiger charge is 2.18. The molecule has 2 nitrogen and oxygen atoms in total. The largest absolute Gasteiger partial charge is 0.395 e. The van der Waals surface area contributed by atoms with Gasteiger partial charge in [0.15, 0.2) is 0 Å². The topological polar surface area (TPSA) is 32.3 Å². The Balaban J connectivity index is 2.68. The summed E-state index contributed by atoms with van der Waals surface area (Å²) in [5.41, 5.74) is 1.39. The van der Waals surface area contributed by atoms with Crippen LogP contribution in [0.3, 0.4) is 0 Å². The maximum atomic E-state index is 9.05. The van der Waals surface area contributed by atoms with E-state index in [1.54, 1.807) is 0 Å². The van der Waals surface area contributed by atoms with Gasteiger partial charge in [0.05, 0.1) is 6.61 Å². The van der Waals surface area contributed by atoms with Gasteiger partial charge in [0.1, 0.15) is 0 Å². The molecule has 0 fully saturated rings. The molecule has 0 radical (unpaired) electrons. The Morgan fingerprint density at radius 2 is 1.82 bits per heavy atom. The summed E-state index contributed by atoms with van der Waals surface area (Å²) < 4.78 is 0. The first kappa shape index (κ1) is 14.2. The van der Waals surface area contributed by atoms with E-state index >= 15 is 0 Å². The second-order valence-corrected chi connectivity index (χ2v) is 4.89. The lowest BCUT2D eigenvalue weighted by molar-refractivity contribution is 0.246. The molecule has 1 aromatic rings. The lowest BCUT2D eigenvalue weighted by Crippen LogP contribution is -2.34. The number of aliphatic hydroxyl groups is 1. The molecule has 0 amide bonds. The van der Waals surface area contributed by atoms with Crippen LogP contribution in [-0.4, -0.2) is 24.3 Å². The maximum absolute atomic E-state index is 9.05. The Kier molecular flexibility index (Phi) is 6.23. The van der Waals surface area contributed by atoms with Crippen LogP contribution in [0.15, 0.2) is 30.3 Å². The van der Waals surface area contributed by atoms with Gasteiger partial charge in [-0.3, -0.25) is 0 Å². The van der Waals surface area contributed by atoms with Crippen LogP contribution in [0.4, 0.5) is 0 Å². The molecule has 3 unspecified atom stereocenters. The monoisotopic (exact) mass is 235 g/mol. The van der Waals surface area contributed by atoms with Crippen molar-refractivity contribution in [3.63, 3.8) is 0 Å². The molecule has 0 heterocycles. The Bertz CT molecular complexity index is 299. The smallest absolute Gasteiger partial charge is 0.0581 e. The fourth-order valence-corrected chi connectivity index (χ4v) is 2.03. The summed E-state index contributed by atoms with van der Waals surface area (Å²) in [6.45, 7) is 7.67. The van der Waals surface area contributed by atoms with E-state index in [1.807, 2.05) is 6.92 Å². The molecular formula is C15H25NO. The van der Waals surface area contributed by atoms with Crippen molar-refractivity contribution in [1.29, 1.82) is 0 Å². The first-order valence-electron chi connectivity index (χ1n) is 6.58. The van der Waals surface area contributed by atoms with E-state index in [9.17, 15) is 0 Å². The summed E-state index contributed by atoms with van der Waals surface area (Å²) in [6.07, 6.45) is 1.18. The van der Waals surface area contributed by atoms with Gasteiger partial charge >= 0.3 is 0 Å². The second-order valence-electron chi connectivity index (χ2n) is 4.89. The summed E-state index contributed by atoms with van der Waals surface area (Å²) in [7, 11) is 0. The van der Waals surface area contributed by atoms with Gasteiger partial charge in [0.25, 0.3) is 0 Å². The van der Waals surface area contributed by atoms with Gasteiger partial charge < -0.3 is 10.4 Å². The normalized spacial score (nSPS) is 16.5. The van der Waals surface area contributed by atoms with Crippen molar-refractivity contribution in [2.75, 3.05) is 13.2 Å². The SMILES string of the molecule is CCC(C)C(CNC(C)CO)c1ccccc1. The van der Waals surface area contributed by atoms with E-state index in [-0.39, 0.29) is 12.6 Å². The summed E-state index contributed by atoms with van der Waals surface area (Å²) in [5, 5.41) is 12.4. The lowest BCUT2D eigenvalue weighted by Gasteiger charge is -2.25. The van der Waals surface area contributed by atoms with Crippen LogP contribution in [0.25, 0.3) is 0 Å². The Morgan fingerprint density at radius 3 is 2.35 bits per heavy atom. The van der Waals surface area contributed by atoms with Crippen LogP contribution in [0.5, 0.6) is 0 Å². The summed E-state index contributed by atoms with van der Waals surface area (Å²) in [6, 6.07) is 10.8. The fraction of sp³-hybridized carbons (Fsp3) is 0.600. The van der Waals surface area contributed by atoms with Crippen molar-refractivity contribution in [3.8, 4) is 0 Å². The van der Waals surface area contributed by atoms with Crippen molar-refractivity contribution in [2.45, 2.75) is 39.2 Å². The molecule has 96 valence electrons. The van der Waals surface area contributed by atoms with Gasteiger partial charge in [0.2, 0.25) is 0 Å². The highest BCUT2D eigenvalue weighted by molar-refractivity contribution is 5.20. The predicted molar refractivity (Wildman–Crippen MR) is 73.2 cm³/mol. The quantitative estimate of drug-likeness (QED) is 0.761. The number of aliphatic hydroxyl groups excluding tert-OH is 1. The zero-order valence-electron chi connectivity index (χ0n) is 11.2. The van der Waals surface area contributed by atoms with Crippen molar-refractivity contribution in [1.82, 2.24) is 5.32 Å². The van der Waals surface area contributed by atoms with Crippen molar-refractivity contribution in [3.05, 3.63) is 35.9 Å². The van der Waals surface area contributed by atoms with Gasteiger partial charge in [-0.25, -0.2) is 0 Å². The molecule has 0 saturated heterocycles. The van der Waals surface area contributed by atoms with E-state index in [0.29, 0.717) is 11.8 Å². The average Bonchev–Trinajstić information content (AvgIpc) is 2.39. The molecule has 2 N–H and O–H groups in total. The van der Waals surface area contributed by atoms with Gasteiger partial charge in [-0.15, -0.1) is 0 Å². The van der Waals surface area contributed by atoms with Crippen LogP contribution in [0, 0.1) is 5.92 Å². The molecule has 0 aliphatic heterocycles. The molecule has 1 aromatic carbocycles. The number of hydrogen-bond acceptors (Lipinski definition) is 2. The maximum Gasteiger partial charge on any atom is 0.0581 e. The van der Waals surface area contributed by atoms with E-state index in [1.165, 1.54) is 12.0 Å². The Labute approximate surface area is 105 Å². The first-order valence-corrected chi connectivity index (χ1v) is 6.58. The minimum Gasteiger partial charge on any atom is -0.395 e. The summed E-state index contributed by atoms with van der Waals surface area (Å²) in [4.78, 5) is 0. The minimum atomic E-state index is 0.172. The molecule has 0 aliphatic carbocycles. The molecule has 0 aromatic heterocycles. The van der Waals surface area contributed by atoms with Crippen molar-refractivity contribution >= 4 is 0 Å². The van der Waals surface area contributed by atoms with Gasteiger partial charge in [0, 0.05) is 12.6 Å². The number of hydrogen-bond donors (Lipinski definition) is 2. The minimum absolute atomic E-state index is 0.172. The van der Waals surface area contributed by atoms with Gasteiger partial charge in [-0.05, 0) is 24.3 Å². The molecule has 17 heavy (non-hydrogen) atoms. The Hall–Kier alpha value is -0.860. The number of nitrogens with one attached hydrogen (secondary N) is 1. The van der Waals surface area contributed by atoms with Gasteiger partial charge in [-0.1, -0.05) is 50.6 Å². The third kappa shape index (κ3) is 4.49. The fourth-order valence-electron chi connectivity index (χ4n) is 2.03. The zero-order valence-corrected chi connectivity index (χ0v) is 11.2. The third-order valence-corrected chi connectivity index (χ3v) is 3.52. The van der Waals surface area contributed by atoms with Crippen LogP contribution in [0.2, 0.25) is 0 Å². The second kappa shape index (κ2) is 7.46. The van der Waals surface area contributed by atoms with Crippen LogP contribution in [-0.2, 0) is 0 Å². The van der Waals surface area contributed by atoms with Crippen LogP contribution >= 0.6 is 0 Å². The Morgan fingerprint density at radius 1 is 1.18 bits per heavy atom. The molecule has 0 aliphatic rings. The molecule has 0 bridgehead atoms. The lowest BCUT2D eigenvalue weighted by atomic mass is 9.85. The first-order chi connectivity index (χ1) is 8.19. The average molecular weight is 235 g/mol. The molecular weight excluding hydrogens is 210 g/mol. The molecule has 2 heteroatoms. The highest BCUT2D eigenvalue weighted by atomic mass is 16.3. The van der Waals surface area contributed by atoms with E-state index in [4.69, 9.17) is 5.11 Å². The van der Waals surface area contributed by atoms with Crippen molar-refractivity contribution in [2.24, 2.45) is 5.92 Å². The van der Waals surface area contributed by atoms with Crippen LogP contribution < -0.4 is 5.32 Å². The molecule has 1 rings (SSSR count). The molecule has 0 saturated carbocycles. The zero-order chi connectivity index (χ0) is 12.7. The standard InChI is InChI=1S/C15H25NO/c1-4-12(2)15(10-16-13(3)11-17)14-8-6-5-7-9-14/h5-9,12-13,15-17H,4,10-11H2,1-3H3. The van der Waals surface area contributed by atoms with E-state index in [0.717, 1.165) is 6.54 Å². The van der Waals surface area contributed by atoms with E-state index in [2.05, 4.69) is 49.5 Å². The van der Waals surface area contributed by atoms with Crippen molar-refractivity contribution < 1.29 is 5.11 Å². The summed E-state index contributed by atoms with van der Waals surface area (Å²) >= 11 is 0. The third-order valence-electron chi connectivity index (χ3n) is 3.52. The summed E-state index contributed by atoms with van der Waals surface area (Å²) in [5.74, 6) is 1.17. The highest BCUT2D eigenvalue weighted by Crippen LogP contribution is 2.26. The molecule has 3 atom stereocenters. The van der Waals surface area contributed by atoms with Gasteiger partial charge in [-0.2, -0.15) is 0 Å². The number of rotatable bonds is 7. The molecule has 0 spiro atoms. The number of benzene rings is 1. The van der Waals surface area contributed by atoms with E-state index < -0.39 is 0 Å². The van der Waals surface area contributed by atoms with Crippen LogP contribution in [0.1, 0.15) is 38.7 Å².